The number of nitrogens with one attached hydrogen (secondary N) is 1. The van der Waals surface area contributed by atoms with E-state index < -0.39 is 17.5 Å². The van der Waals surface area contributed by atoms with Crippen molar-refractivity contribution >= 4 is 17.7 Å². The van der Waals surface area contributed by atoms with Crippen LogP contribution < -0.4 is 10.1 Å². The van der Waals surface area contributed by atoms with Gasteiger partial charge in [0.15, 0.2) is 11.3 Å². The second kappa shape index (κ2) is 6.72. The highest BCUT2D eigenvalue weighted by atomic mass is 16.5. The van der Waals surface area contributed by atoms with Crippen molar-refractivity contribution in [1.82, 2.24) is 10.2 Å². The summed E-state index contributed by atoms with van der Waals surface area (Å²) in [6.07, 6.45) is 0.333. The van der Waals surface area contributed by atoms with Gasteiger partial charge in [-0.25, -0.2) is 4.79 Å². The monoisotopic (exact) mass is 392 g/mol. The third kappa shape index (κ3) is 3.18. The molecule has 0 unspecified atom stereocenters. The van der Waals surface area contributed by atoms with Gasteiger partial charge in [-0.1, -0.05) is 63.2 Å². The molecule has 0 bridgehead atoms. The smallest absolute Gasteiger partial charge is 0.325 e. The minimum atomic E-state index is -1.16. The van der Waals surface area contributed by atoms with E-state index in [0.717, 1.165) is 10.5 Å². The summed E-state index contributed by atoms with van der Waals surface area (Å²) in [5.41, 5.74) is 1.04. The number of nitrogens with zero attached hydrogens (tertiary/aromatic N) is 1. The van der Waals surface area contributed by atoms with E-state index in [2.05, 4.69) is 26.1 Å². The molecule has 0 radical (unpaired) electrons. The second-order valence-corrected chi connectivity index (χ2v) is 8.57. The summed E-state index contributed by atoms with van der Waals surface area (Å²) in [5.74, 6) is -0.0948. The maximum atomic E-state index is 13.2. The quantitative estimate of drug-likeness (QED) is 0.642. The molecular formula is C23H24N2O4. The van der Waals surface area contributed by atoms with Gasteiger partial charge < -0.3 is 10.1 Å². The van der Waals surface area contributed by atoms with E-state index in [0.29, 0.717) is 29.9 Å². The summed E-state index contributed by atoms with van der Waals surface area (Å²) in [5, 5.41) is 2.82. The Labute approximate surface area is 169 Å². The minimum absolute atomic E-state index is 0.0186. The second-order valence-electron chi connectivity index (χ2n) is 8.57. The van der Waals surface area contributed by atoms with Crippen molar-refractivity contribution in [3.63, 3.8) is 0 Å². The minimum Gasteiger partial charge on any atom is -0.493 e. The first-order valence-corrected chi connectivity index (χ1v) is 9.72. The predicted molar refractivity (Wildman–Crippen MR) is 108 cm³/mol. The molecule has 1 spiro atoms. The van der Waals surface area contributed by atoms with E-state index in [9.17, 15) is 14.4 Å². The lowest BCUT2D eigenvalue weighted by Gasteiger charge is -2.33. The number of para-hydroxylation sites is 1. The van der Waals surface area contributed by atoms with Crippen LogP contribution in [0.25, 0.3) is 0 Å². The molecule has 6 nitrogen and oxygen atoms in total. The number of rotatable bonds is 3. The number of fused-ring (bicyclic) bond motifs is 2. The summed E-state index contributed by atoms with van der Waals surface area (Å²) in [7, 11) is 0. The molecular weight excluding hydrogens is 368 g/mol. The number of urea groups is 1. The Kier molecular flexibility index (Phi) is 4.45. The van der Waals surface area contributed by atoms with Crippen LogP contribution in [0.3, 0.4) is 0 Å². The van der Waals surface area contributed by atoms with Crippen LogP contribution in [0, 0.1) is 0 Å². The van der Waals surface area contributed by atoms with Gasteiger partial charge in [-0.3, -0.25) is 14.5 Å². The zero-order valence-electron chi connectivity index (χ0n) is 16.8. The first-order chi connectivity index (χ1) is 13.7. The Morgan fingerprint density at radius 3 is 2.48 bits per heavy atom. The predicted octanol–water partition coefficient (Wildman–Crippen LogP) is 3.40. The molecule has 4 rings (SSSR count). The van der Waals surface area contributed by atoms with E-state index in [-0.39, 0.29) is 17.7 Å². The molecule has 29 heavy (non-hydrogen) atoms. The van der Waals surface area contributed by atoms with Crippen LogP contribution in [0.5, 0.6) is 5.75 Å². The zero-order chi connectivity index (χ0) is 20.8. The fourth-order valence-electron chi connectivity index (χ4n) is 3.91. The van der Waals surface area contributed by atoms with Gasteiger partial charge in [0.2, 0.25) is 0 Å². The van der Waals surface area contributed by atoms with Gasteiger partial charge >= 0.3 is 6.03 Å². The number of Topliss-reactive ketones (excluding diaryl/α,β-unsaturated/α-hetero) is 1. The number of carbonyl (C=O) groups is 3. The molecule has 2 aliphatic rings. The lowest BCUT2D eigenvalue weighted by atomic mass is 9.84. The van der Waals surface area contributed by atoms with Crippen LogP contribution in [0.1, 0.15) is 48.7 Å². The number of carbonyl (C=O) groups excluding carboxylic acids is 3. The summed E-state index contributed by atoms with van der Waals surface area (Å²) in [6.45, 7) is 6.33. The molecule has 2 heterocycles. The molecule has 0 saturated carbocycles. The number of ether oxygens (including phenoxy) is 1. The summed E-state index contributed by atoms with van der Waals surface area (Å²) in [4.78, 5) is 39.7. The van der Waals surface area contributed by atoms with Crippen LogP contribution in [-0.2, 0) is 15.7 Å². The maximum Gasteiger partial charge on any atom is 0.325 e. The molecule has 2 aromatic rings. The largest absolute Gasteiger partial charge is 0.493 e. The maximum absolute atomic E-state index is 13.2. The molecule has 3 amide bonds. The fraction of sp³-hybridized carbons (Fsp3) is 0.348. The Hall–Kier alpha value is -3.15. The summed E-state index contributed by atoms with van der Waals surface area (Å²) in [6, 6.07) is 14.0. The molecule has 150 valence electrons. The Bertz CT molecular complexity index is 991. The summed E-state index contributed by atoms with van der Waals surface area (Å²) >= 11 is 0. The van der Waals surface area contributed by atoms with Crippen LogP contribution >= 0.6 is 0 Å². The van der Waals surface area contributed by atoms with Gasteiger partial charge in [0.25, 0.3) is 5.91 Å². The molecule has 2 aliphatic heterocycles. The average Bonchev–Trinajstić information content (AvgIpc) is 2.92. The topological polar surface area (TPSA) is 75.7 Å². The van der Waals surface area contributed by atoms with Gasteiger partial charge in [0.05, 0.1) is 13.2 Å². The Balaban J connectivity index is 1.57. The van der Waals surface area contributed by atoms with Crippen LogP contribution in [-0.4, -0.2) is 35.8 Å². The number of hydrogen-bond acceptors (Lipinski definition) is 4. The Morgan fingerprint density at radius 1 is 1.10 bits per heavy atom. The SMILES string of the molecule is CC(C)(C)c1ccc(C(=O)CN2C(=O)N[C@@]3(CCOc4ccccc43)C2=O)cc1. The van der Waals surface area contributed by atoms with Crippen molar-refractivity contribution in [3.05, 3.63) is 65.2 Å². The van der Waals surface area contributed by atoms with E-state index in [1.54, 1.807) is 30.3 Å². The standard InChI is InChI=1S/C23H24N2O4/c1-22(2,3)16-10-8-15(9-11-16)18(26)14-25-20(27)23(24-21(25)28)12-13-29-19-7-5-4-6-17(19)23/h4-11H,12-14H2,1-3H3,(H,24,28)/t23-/m1/s1. The lowest BCUT2D eigenvalue weighted by Crippen LogP contribution is -2.47. The Morgan fingerprint density at radius 2 is 1.79 bits per heavy atom. The van der Waals surface area contributed by atoms with Crippen molar-refractivity contribution in [2.24, 2.45) is 0 Å². The zero-order valence-corrected chi connectivity index (χ0v) is 16.8. The van der Waals surface area contributed by atoms with Gasteiger partial charge in [0, 0.05) is 17.5 Å². The molecule has 0 aliphatic carbocycles. The first kappa shape index (κ1) is 19.2. The highest BCUT2D eigenvalue weighted by Gasteiger charge is 2.55. The highest BCUT2D eigenvalue weighted by molar-refractivity contribution is 6.11. The third-order valence-electron chi connectivity index (χ3n) is 5.63. The molecule has 0 aromatic heterocycles. The van der Waals surface area contributed by atoms with Crippen LogP contribution in [0.2, 0.25) is 0 Å². The molecule has 2 aromatic carbocycles. The van der Waals surface area contributed by atoms with E-state index >= 15 is 0 Å². The highest BCUT2D eigenvalue weighted by Crippen LogP contribution is 2.41. The molecule has 1 N–H and O–H groups in total. The van der Waals surface area contributed by atoms with Gasteiger partial charge in [-0.05, 0) is 17.0 Å². The molecule has 1 atom stereocenters. The van der Waals surface area contributed by atoms with Crippen molar-refractivity contribution in [1.29, 1.82) is 0 Å². The van der Waals surface area contributed by atoms with Crippen molar-refractivity contribution in [2.75, 3.05) is 13.2 Å². The molecule has 1 fully saturated rings. The number of hydrogen-bond donors (Lipinski definition) is 1. The molecule has 6 heteroatoms. The van der Waals surface area contributed by atoms with Gasteiger partial charge in [0.1, 0.15) is 5.75 Å². The molecule has 1 saturated heterocycles. The van der Waals surface area contributed by atoms with Crippen LogP contribution in [0.4, 0.5) is 4.79 Å². The van der Waals surface area contributed by atoms with Gasteiger partial charge in [-0.15, -0.1) is 0 Å². The number of ketones is 1. The first-order valence-electron chi connectivity index (χ1n) is 9.72. The van der Waals surface area contributed by atoms with Crippen molar-refractivity contribution in [3.8, 4) is 5.75 Å². The number of benzene rings is 2. The van der Waals surface area contributed by atoms with Crippen LogP contribution in [0.15, 0.2) is 48.5 Å². The number of imide groups is 1. The number of amides is 3. The van der Waals surface area contributed by atoms with Crippen molar-refractivity contribution in [2.45, 2.75) is 38.1 Å². The van der Waals surface area contributed by atoms with E-state index in [1.165, 1.54) is 0 Å². The fourth-order valence-corrected chi connectivity index (χ4v) is 3.91. The van der Waals surface area contributed by atoms with Gasteiger partial charge in [-0.2, -0.15) is 0 Å². The lowest BCUT2D eigenvalue weighted by molar-refractivity contribution is -0.132. The van der Waals surface area contributed by atoms with E-state index in [4.69, 9.17) is 4.74 Å². The van der Waals surface area contributed by atoms with Crippen molar-refractivity contribution < 1.29 is 19.1 Å². The average molecular weight is 392 g/mol. The third-order valence-corrected chi connectivity index (χ3v) is 5.63. The van der Waals surface area contributed by atoms with E-state index in [1.807, 2.05) is 18.2 Å². The summed E-state index contributed by atoms with van der Waals surface area (Å²) < 4.78 is 5.63. The normalized spacial score (nSPS) is 21.0.